The lowest BCUT2D eigenvalue weighted by Crippen LogP contribution is -2.28. The van der Waals surface area contributed by atoms with E-state index in [1.165, 1.54) is 32.3 Å². The fourth-order valence-electron chi connectivity index (χ4n) is 1.52. The lowest BCUT2D eigenvalue weighted by molar-refractivity contribution is -0.137. The van der Waals surface area contributed by atoms with Gasteiger partial charge in [0.1, 0.15) is 23.1 Å². The van der Waals surface area contributed by atoms with Crippen molar-refractivity contribution in [2.45, 2.75) is 25.6 Å². The summed E-state index contributed by atoms with van der Waals surface area (Å²) in [4.78, 5) is 18.5. The van der Waals surface area contributed by atoms with Crippen LogP contribution in [0.15, 0.2) is 24.7 Å². The van der Waals surface area contributed by atoms with E-state index >= 15 is 0 Å². The van der Waals surface area contributed by atoms with E-state index in [4.69, 9.17) is 0 Å². The zero-order valence-corrected chi connectivity index (χ0v) is 10.7. The molecule has 2 aromatic rings. The molecule has 0 saturated heterocycles. The molecule has 106 valence electrons. The Morgan fingerprint density at radius 2 is 1.80 bits per heavy atom. The average molecular weight is 284 g/mol. The highest BCUT2D eigenvalue weighted by Crippen LogP contribution is 2.36. The van der Waals surface area contributed by atoms with Crippen molar-refractivity contribution in [2.24, 2.45) is 0 Å². The maximum Gasteiger partial charge on any atom is 0.420 e. The van der Waals surface area contributed by atoms with Gasteiger partial charge >= 0.3 is 6.18 Å². The van der Waals surface area contributed by atoms with E-state index in [1.54, 1.807) is 0 Å². The summed E-state index contributed by atoms with van der Waals surface area (Å²) >= 11 is 0. The summed E-state index contributed by atoms with van der Waals surface area (Å²) in [6, 6.07) is 1.49. The maximum atomic E-state index is 13.0. The van der Waals surface area contributed by atoms with Crippen molar-refractivity contribution < 1.29 is 18.0 Å². The number of carbonyl (C=O) groups excluding carboxylic acids is 1. The van der Waals surface area contributed by atoms with E-state index in [-0.39, 0.29) is 5.82 Å². The number of aromatic nitrogens is 4. The standard InChI is InChI=1S/C12H11F3N4O/c1-11(2,7-20)19-6-8(12(13,14)15)9(18-19)10-16-4-3-5-17-10/h3-7H,1-2H3. The van der Waals surface area contributed by atoms with Crippen LogP contribution in [0.5, 0.6) is 0 Å². The van der Waals surface area contributed by atoms with Crippen LogP contribution in [0.25, 0.3) is 11.5 Å². The number of alkyl halides is 3. The van der Waals surface area contributed by atoms with Gasteiger partial charge in [-0.1, -0.05) is 0 Å². The van der Waals surface area contributed by atoms with E-state index in [0.717, 1.165) is 10.9 Å². The summed E-state index contributed by atoms with van der Waals surface area (Å²) in [6.45, 7) is 2.92. The zero-order valence-electron chi connectivity index (χ0n) is 10.7. The molecule has 0 saturated carbocycles. The fourth-order valence-corrected chi connectivity index (χ4v) is 1.52. The molecular formula is C12H11F3N4O. The first-order chi connectivity index (χ1) is 9.25. The average Bonchev–Trinajstić information content (AvgIpc) is 2.85. The fraction of sp³-hybridized carbons (Fsp3) is 0.333. The summed E-state index contributed by atoms with van der Waals surface area (Å²) in [5.74, 6) is -0.139. The van der Waals surface area contributed by atoms with Crippen molar-refractivity contribution in [3.8, 4) is 11.5 Å². The highest BCUT2D eigenvalue weighted by molar-refractivity contribution is 5.62. The Morgan fingerprint density at radius 3 is 2.30 bits per heavy atom. The third-order valence-corrected chi connectivity index (χ3v) is 2.68. The predicted octanol–water partition coefficient (Wildman–Crippen LogP) is 2.29. The minimum absolute atomic E-state index is 0.139. The number of nitrogens with zero attached hydrogens (tertiary/aromatic N) is 4. The van der Waals surface area contributed by atoms with Gasteiger partial charge in [0.25, 0.3) is 0 Å². The van der Waals surface area contributed by atoms with Crippen molar-refractivity contribution in [2.75, 3.05) is 0 Å². The molecule has 0 aliphatic heterocycles. The largest absolute Gasteiger partial charge is 0.420 e. The van der Waals surface area contributed by atoms with Crippen LogP contribution in [-0.2, 0) is 16.5 Å². The lowest BCUT2D eigenvalue weighted by Gasteiger charge is -2.17. The normalized spacial score (nSPS) is 12.4. The molecule has 20 heavy (non-hydrogen) atoms. The zero-order chi connectivity index (χ0) is 15.0. The Balaban J connectivity index is 2.64. The molecule has 0 unspecified atom stereocenters. The highest BCUT2D eigenvalue weighted by atomic mass is 19.4. The molecule has 0 bridgehead atoms. The smallest absolute Gasteiger partial charge is 0.301 e. The van der Waals surface area contributed by atoms with Gasteiger partial charge in [0.15, 0.2) is 5.82 Å². The molecule has 2 rings (SSSR count). The summed E-state index contributed by atoms with van der Waals surface area (Å²) in [7, 11) is 0. The predicted molar refractivity (Wildman–Crippen MR) is 63.6 cm³/mol. The lowest BCUT2D eigenvalue weighted by atomic mass is 10.1. The molecule has 0 aliphatic carbocycles. The molecule has 8 heteroatoms. The number of rotatable bonds is 3. The van der Waals surface area contributed by atoms with Gasteiger partial charge in [-0.25, -0.2) is 9.97 Å². The monoisotopic (exact) mass is 284 g/mol. The van der Waals surface area contributed by atoms with Crippen LogP contribution >= 0.6 is 0 Å². The van der Waals surface area contributed by atoms with Gasteiger partial charge in [-0.2, -0.15) is 18.3 Å². The second-order valence-corrected chi connectivity index (χ2v) is 4.68. The van der Waals surface area contributed by atoms with Gasteiger partial charge in [-0.05, 0) is 19.9 Å². The summed E-state index contributed by atoms with van der Waals surface area (Å²) in [5.41, 5.74) is -2.56. The van der Waals surface area contributed by atoms with Crippen LogP contribution in [-0.4, -0.2) is 26.0 Å². The Morgan fingerprint density at radius 1 is 1.20 bits per heavy atom. The number of halogens is 3. The van der Waals surface area contributed by atoms with Crippen molar-refractivity contribution >= 4 is 6.29 Å². The Hall–Kier alpha value is -2.25. The summed E-state index contributed by atoms with van der Waals surface area (Å²) < 4.78 is 40.1. The molecule has 0 radical (unpaired) electrons. The molecule has 0 aliphatic rings. The molecule has 2 heterocycles. The quantitative estimate of drug-likeness (QED) is 0.811. The summed E-state index contributed by atoms with van der Waals surface area (Å²) in [6.07, 6.45) is -0.639. The third kappa shape index (κ3) is 2.54. The maximum absolute atomic E-state index is 13.0. The van der Waals surface area contributed by atoms with Crippen LogP contribution in [0.4, 0.5) is 13.2 Å². The van der Waals surface area contributed by atoms with Crippen molar-refractivity contribution in [3.63, 3.8) is 0 Å². The van der Waals surface area contributed by atoms with Crippen molar-refractivity contribution in [3.05, 3.63) is 30.2 Å². The van der Waals surface area contributed by atoms with Gasteiger partial charge in [-0.3, -0.25) is 4.68 Å². The molecule has 0 aromatic carbocycles. The van der Waals surface area contributed by atoms with Gasteiger partial charge < -0.3 is 4.79 Å². The topological polar surface area (TPSA) is 60.7 Å². The number of hydrogen-bond donors (Lipinski definition) is 0. The molecule has 0 atom stereocenters. The molecule has 2 aromatic heterocycles. The number of carbonyl (C=O) groups is 1. The molecule has 5 nitrogen and oxygen atoms in total. The Bertz CT molecular complexity index is 619. The molecule has 0 amide bonds. The molecule has 0 spiro atoms. The Kier molecular flexibility index (Phi) is 3.33. The van der Waals surface area contributed by atoms with Crippen LogP contribution in [0.2, 0.25) is 0 Å². The van der Waals surface area contributed by atoms with E-state index in [1.807, 2.05) is 0 Å². The number of hydrogen-bond acceptors (Lipinski definition) is 4. The SMILES string of the molecule is CC(C)(C=O)n1cc(C(F)(F)F)c(-c2ncccn2)n1. The van der Waals surface area contributed by atoms with Gasteiger partial charge in [0.05, 0.1) is 0 Å². The van der Waals surface area contributed by atoms with E-state index in [0.29, 0.717) is 6.29 Å². The first kappa shape index (κ1) is 14.2. The second-order valence-electron chi connectivity index (χ2n) is 4.68. The van der Waals surface area contributed by atoms with Crippen LogP contribution < -0.4 is 0 Å². The van der Waals surface area contributed by atoms with Gasteiger partial charge in [0, 0.05) is 18.6 Å². The van der Waals surface area contributed by atoms with Crippen LogP contribution in [0.1, 0.15) is 19.4 Å². The first-order valence-corrected chi connectivity index (χ1v) is 5.67. The molecular weight excluding hydrogens is 273 g/mol. The van der Waals surface area contributed by atoms with Crippen molar-refractivity contribution in [1.29, 1.82) is 0 Å². The number of aldehydes is 1. The van der Waals surface area contributed by atoms with Gasteiger partial charge in [0.2, 0.25) is 0 Å². The Labute approximate surface area is 112 Å². The van der Waals surface area contributed by atoms with Crippen molar-refractivity contribution in [1.82, 2.24) is 19.7 Å². The minimum atomic E-state index is -4.61. The minimum Gasteiger partial charge on any atom is -0.301 e. The van der Waals surface area contributed by atoms with E-state index in [2.05, 4.69) is 15.1 Å². The van der Waals surface area contributed by atoms with Crippen LogP contribution in [0.3, 0.4) is 0 Å². The second kappa shape index (κ2) is 4.69. The third-order valence-electron chi connectivity index (χ3n) is 2.68. The molecule has 0 N–H and O–H groups in total. The van der Waals surface area contributed by atoms with E-state index < -0.39 is 23.0 Å². The first-order valence-electron chi connectivity index (χ1n) is 5.67. The summed E-state index contributed by atoms with van der Waals surface area (Å²) in [5, 5.41) is 3.83. The van der Waals surface area contributed by atoms with Crippen LogP contribution in [0, 0.1) is 0 Å². The van der Waals surface area contributed by atoms with E-state index in [9.17, 15) is 18.0 Å². The molecule has 0 fully saturated rings. The highest BCUT2D eigenvalue weighted by Gasteiger charge is 2.38. The van der Waals surface area contributed by atoms with Gasteiger partial charge in [-0.15, -0.1) is 0 Å².